The van der Waals surface area contributed by atoms with Crippen molar-refractivity contribution in [3.8, 4) is 0 Å². The molecule has 148 valence electrons. The number of carbonyl (C=O) groups excluding carboxylic acids is 1. The number of aliphatic carboxylic acids is 1. The van der Waals surface area contributed by atoms with Crippen molar-refractivity contribution in [1.82, 2.24) is 9.21 Å². The fourth-order valence-electron chi connectivity index (χ4n) is 3.92. The van der Waals surface area contributed by atoms with Gasteiger partial charge in [0.25, 0.3) is 5.91 Å². The number of likely N-dealkylation sites (tertiary alicyclic amines) is 1. The summed E-state index contributed by atoms with van der Waals surface area (Å²) in [5.41, 5.74) is 0.374. The molecule has 0 radical (unpaired) electrons. The van der Waals surface area contributed by atoms with Crippen LogP contribution in [0.4, 0.5) is 0 Å². The van der Waals surface area contributed by atoms with Crippen molar-refractivity contribution in [3.05, 3.63) is 29.8 Å². The molecule has 1 amide bonds. The molecule has 1 aromatic rings. The summed E-state index contributed by atoms with van der Waals surface area (Å²) in [6.45, 7) is 5.48. The molecule has 27 heavy (non-hydrogen) atoms. The lowest BCUT2D eigenvalue weighted by Gasteiger charge is -2.30. The summed E-state index contributed by atoms with van der Waals surface area (Å²) in [7, 11) is -3.55. The van der Waals surface area contributed by atoms with E-state index in [4.69, 9.17) is 0 Å². The maximum Gasteiger partial charge on any atom is 0.308 e. The molecule has 2 heterocycles. The number of rotatable bonds is 4. The van der Waals surface area contributed by atoms with Crippen molar-refractivity contribution >= 4 is 21.9 Å². The van der Waals surface area contributed by atoms with E-state index < -0.39 is 21.9 Å². The SMILES string of the molecule is CC1CCCN(S(=O)(=O)c2ccc(C(=O)N3C[C@@H](C)[C@H](C(=O)O)C3)cc2)C1. The van der Waals surface area contributed by atoms with Crippen LogP contribution in [0.2, 0.25) is 0 Å². The summed E-state index contributed by atoms with van der Waals surface area (Å²) in [6, 6.07) is 5.97. The van der Waals surface area contributed by atoms with E-state index in [-0.39, 0.29) is 23.3 Å². The van der Waals surface area contributed by atoms with E-state index in [0.29, 0.717) is 31.1 Å². The molecule has 1 unspecified atom stereocenters. The van der Waals surface area contributed by atoms with Crippen molar-refractivity contribution in [2.45, 2.75) is 31.6 Å². The highest BCUT2D eigenvalue weighted by atomic mass is 32.2. The number of carbonyl (C=O) groups is 2. The van der Waals surface area contributed by atoms with Gasteiger partial charge >= 0.3 is 5.97 Å². The van der Waals surface area contributed by atoms with Crippen molar-refractivity contribution < 1.29 is 23.1 Å². The summed E-state index contributed by atoms with van der Waals surface area (Å²) in [5, 5.41) is 9.21. The minimum absolute atomic E-state index is 0.104. The van der Waals surface area contributed by atoms with Gasteiger partial charge in [0.05, 0.1) is 10.8 Å². The molecule has 2 saturated heterocycles. The lowest BCUT2D eigenvalue weighted by atomic mass is 9.99. The summed E-state index contributed by atoms with van der Waals surface area (Å²) >= 11 is 0. The molecule has 2 aliphatic heterocycles. The van der Waals surface area contributed by atoms with Gasteiger partial charge in [0, 0.05) is 31.7 Å². The number of carboxylic acid groups (broad SMARTS) is 1. The van der Waals surface area contributed by atoms with Crippen molar-refractivity contribution in [2.24, 2.45) is 17.8 Å². The smallest absolute Gasteiger partial charge is 0.308 e. The molecule has 2 aliphatic rings. The molecule has 0 saturated carbocycles. The zero-order chi connectivity index (χ0) is 19.8. The first-order chi connectivity index (χ1) is 12.7. The van der Waals surface area contributed by atoms with Crippen LogP contribution >= 0.6 is 0 Å². The number of hydrogen-bond acceptors (Lipinski definition) is 4. The quantitative estimate of drug-likeness (QED) is 0.842. The fraction of sp³-hybridized carbons (Fsp3) is 0.579. The van der Waals surface area contributed by atoms with E-state index in [0.717, 1.165) is 12.8 Å². The molecular weight excluding hydrogens is 368 g/mol. The molecule has 3 rings (SSSR count). The average molecular weight is 394 g/mol. The number of sulfonamides is 1. The molecule has 0 aliphatic carbocycles. The van der Waals surface area contributed by atoms with Crippen LogP contribution in [-0.2, 0) is 14.8 Å². The van der Waals surface area contributed by atoms with Crippen LogP contribution in [0.5, 0.6) is 0 Å². The van der Waals surface area contributed by atoms with E-state index in [1.807, 2.05) is 13.8 Å². The minimum atomic E-state index is -3.55. The Morgan fingerprint density at radius 2 is 1.74 bits per heavy atom. The highest BCUT2D eigenvalue weighted by Crippen LogP contribution is 2.26. The van der Waals surface area contributed by atoms with Crippen molar-refractivity contribution in [3.63, 3.8) is 0 Å². The standard InChI is InChI=1S/C19H26N2O5S/c1-13-4-3-9-21(10-13)27(25,26)16-7-5-15(6-8-16)18(22)20-11-14(2)17(12-20)19(23)24/h5-8,13-14,17H,3-4,9-12H2,1-2H3,(H,23,24)/t13?,14-,17-/m1/s1. The number of hydrogen-bond donors (Lipinski definition) is 1. The third kappa shape index (κ3) is 4.01. The Morgan fingerprint density at radius 3 is 2.30 bits per heavy atom. The van der Waals surface area contributed by atoms with Gasteiger partial charge in [-0.2, -0.15) is 4.31 Å². The van der Waals surface area contributed by atoms with Crippen LogP contribution in [0.15, 0.2) is 29.2 Å². The second-order valence-corrected chi connectivity index (χ2v) is 9.70. The lowest BCUT2D eigenvalue weighted by Crippen LogP contribution is -2.39. The fourth-order valence-corrected chi connectivity index (χ4v) is 5.52. The first kappa shape index (κ1) is 19.8. The predicted octanol–water partition coefficient (Wildman–Crippen LogP) is 1.90. The van der Waals surface area contributed by atoms with Gasteiger partial charge in [0.15, 0.2) is 0 Å². The van der Waals surface area contributed by atoms with E-state index >= 15 is 0 Å². The normalized spacial score (nSPS) is 26.9. The van der Waals surface area contributed by atoms with Gasteiger partial charge in [-0.05, 0) is 48.9 Å². The molecule has 2 fully saturated rings. The van der Waals surface area contributed by atoms with Crippen LogP contribution in [0.25, 0.3) is 0 Å². The summed E-state index contributed by atoms with van der Waals surface area (Å²) in [4.78, 5) is 25.6. The van der Waals surface area contributed by atoms with Crippen LogP contribution < -0.4 is 0 Å². The molecule has 3 atom stereocenters. The minimum Gasteiger partial charge on any atom is -0.481 e. The zero-order valence-electron chi connectivity index (χ0n) is 15.7. The first-order valence-electron chi connectivity index (χ1n) is 9.32. The second kappa shape index (κ2) is 7.59. The first-order valence-corrected chi connectivity index (χ1v) is 10.8. The summed E-state index contributed by atoms with van der Waals surface area (Å²) in [6.07, 6.45) is 1.89. The Kier molecular flexibility index (Phi) is 5.58. The van der Waals surface area contributed by atoms with Gasteiger partial charge < -0.3 is 10.0 Å². The van der Waals surface area contributed by atoms with Crippen LogP contribution in [-0.4, -0.2) is 60.8 Å². The molecule has 0 bridgehead atoms. The van der Waals surface area contributed by atoms with Gasteiger partial charge in [-0.15, -0.1) is 0 Å². The van der Waals surface area contributed by atoms with Gasteiger partial charge in [0.1, 0.15) is 0 Å². The van der Waals surface area contributed by atoms with Gasteiger partial charge in [-0.25, -0.2) is 8.42 Å². The highest BCUT2D eigenvalue weighted by molar-refractivity contribution is 7.89. The largest absolute Gasteiger partial charge is 0.481 e. The Balaban J connectivity index is 1.73. The summed E-state index contributed by atoms with van der Waals surface area (Å²) in [5.74, 6) is -1.48. The van der Waals surface area contributed by atoms with Crippen LogP contribution in [0.3, 0.4) is 0 Å². The average Bonchev–Trinajstić information content (AvgIpc) is 3.03. The number of amides is 1. The van der Waals surface area contributed by atoms with Gasteiger partial charge in [-0.3, -0.25) is 9.59 Å². The molecule has 0 spiro atoms. The Morgan fingerprint density at radius 1 is 1.07 bits per heavy atom. The zero-order valence-corrected chi connectivity index (χ0v) is 16.5. The molecule has 1 aromatic carbocycles. The molecule has 0 aromatic heterocycles. The number of carboxylic acids is 1. The van der Waals surface area contributed by atoms with Crippen molar-refractivity contribution in [2.75, 3.05) is 26.2 Å². The third-order valence-corrected chi connectivity index (χ3v) is 7.45. The molecular formula is C19H26N2O5S. The van der Waals surface area contributed by atoms with E-state index in [1.54, 1.807) is 0 Å². The third-order valence-electron chi connectivity index (χ3n) is 5.58. The Bertz CT molecular complexity index is 821. The topological polar surface area (TPSA) is 95.0 Å². The predicted molar refractivity (Wildman–Crippen MR) is 99.8 cm³/mol. The molecule has 1 N–H and O–H groups in total. The molecule has 8 heteroatoms. The lowest BCUT2D eigenvalue weighted by molar-refractivity contribution is -0.142. The summed E-state index contributed by atoms with van der Waals surface area (Å²) < 4.78 is 27.1. The van der Waals surface area contributed by atoms with Crippen molar-refractivity contribution in [1.29, 1.82) is 0 Å². The number of piperidine rings is 1. The monoisotopic (exact) mass is 394 g/mol. The van der Waals surface area contributed by atoms with Crippen LogP contribution in [0, 0.1) is 17.8 Å². The Hall–Kier alpha value is -1.93. The maximum absolute atomic E-state index is 12.8. The molecule has 7 nitrogen and oxygen atoms in total. The number of nitrogens with zero attached hydrogens (tertiary/aromatic N) is 2. The van der Waals surface area contributed by atoms with Gasteiger partial charge in [0.2, 0.25) is 10.0 Å². The number of benzene rings is 1. The van der Waals surface area contributed by atoms with E-state index in [9.17, 15) is 23.1 Å². The Labute approximate surface area is 160 Å². The van der Waals surface area contributed by atoms with E-state index in [1.165, 1.54) is 33.5 Å². The van der Waals surface area contributed by atoms with Crippen LogP contribution in [0.1, 0.15) is 37.0 Å². The second-order valence-electron chi connectivity index (χ2n) is 7.77. The highest BCUT2D eigenvalue weighted by Gasteiger charge is 2.37. The van der Waals surface area contributed by atoms with E-state index in [2.05, 4.69) is 0 Å². The van der Waals surface area contributed by atoms with Gasteiger partial charge in [-0.1, -0.05) is 13.8 Å². The maximum atomic E-state index is 12.8.